The van der Waals surface area contributed by atoms with E-state index in [2.05, 4.69) is 0 Å². The van der Waals surface area contributed by atoms with Gasteiger partial charge in [0.15, 0.2) is 0 Å². The predicted octanol–water partition coefficient (Wildman–Crippen LogP) is 4.40. The Bertz CT molecular complexity index is 754. The number of carbonyl (C=O) groups excluding carboxylic acids is 1. The molecule has 0 aliphatic heterocycles. The zero-order valence-electron chi connectivity index (χ0n) is 11.1. The maximum absolute atomic E-state index is 12.6. The second-order valence-electron chi connectivity index (χ2n) is 4.68. The SMILES string of the molecule is CCc1ccc(O)c(C(=O)c2cc3ccccc3s2)c1. The molecule has 3 heteroatoms. The van der Waals surface area contributed by atoms with Gasteiger partial charge in [0.05, 0.1) is 10.4 Å². The van der Waals surface area contributed by atoms with E-state index in [9.17, 15) is 9.90 Å². The third-order valence-electron chi connectivity index (χ3n) is 3.36. The van der Waals surface area contributed by atoms with Gasteiger partial charge in [0.1, 0.15) is 5.75 Å². The van der Waals surface area contributed by atoms with Gasteiger partial charge in [0.2, 0.25) is 5.78 Å². The summed E-state index contributed by atoms with van der Waals surface area (Å²) >= 11 is 1.46. The van der Waals surface area contributed by atoms with Crippen molar-refractivity contribution in [3.05, 3.63) is 64.5 Å². The van der Waals surface area contributed by atoms with E-state index in [-0.39, 0.29) is 11.5 Å². The lowest BCUT2D eigenvalue weighted by molar-refractivity contribution is 0.104. The van der Waals surface area contributed by atoms with Crippen LogP contribution in [-0.4, -0.2) is 10.9 Å². The summed E-state index contributed by atoms with van der Waals surface area (Å²) in [5.74, 6) is -0.0661. The minimum atomic E-state index is -0.112. The Hall–Kier alpha value is -2.13. The molecule has 0 unspecified atom stereocenters. The number of phenolic OH excluding ortho intramolecular Hbond substituents is 1. The smallest absolute Gasteiger partial charge is 0.206 e. The second-order valence-corrected chi connectivity index (χ2v) is 5.77. The number of carbonyl (C=O) groups is 1. The van der Waals surface area contributed by atoms with Crippen molar-refractivity contribution in [1.82, 2.24) is 0 Å². The van der Waals surface area contributed by atoms with Crippen molar-refractivity contribution in [3.63, 3.8) is 0 Å². The molecular formula is C17H14O2S. The van der Waals surface area contributed by atoms with E-state index in [1.54, 1.807) is 12.1 Å². The van der Waals surface area contributed by atoms with Crippen molar-refractivity contribution < 1.29 is 9.90 Å². The van der Waals surface area contributed by atoms with Crippen LogP contribution < -0.4 is 0 Å². The predicted molar refractivity (Wildman–Crippen MR) is 82.7 cm³/mol. The molecule has 0 radical (unpaired) electrons. The first-order valence-corrected chi connectivity index (χ1v) is 7.36. The van der Waals surface area contributed by atoms with Crippen LogP contribution in [0.2, 0.25) is 0 Å². The summed E-state index contributed by atoms with van der Waals surface area (Å²) in [7, 11) is 0. The molecule has 20 heavy (non-hydrogen) atoms. The zero-order chi connectivity index (χ0) is 14.1. The van der Waals surface area contributed by atoms with Crippen molar-refractivity contribution in [2.24, 2.45) is 0 Å². The molecule has 0 amide bonds. The highest BCUT2D eigenvalue weighted by molar-refractivity contribution is 7.21. The number of hydrogen-bond acceptors (Lipinski definition) is 3. The molecule has 0 atom stereocenters. The number of aromatic hydroxyl groups is 1. The molecule has 1 N–H and O–H groups in total. The highest BCUT2D eigenvalue weighted by Crippen LogP contribution is 2.29. The van der Waals surface area contributed by atoms with Gasteiger partial charge in [-0.25, -0.2) is 0 Å². The topological polar surface area (TPSA) is 37.3 Å². The Labute approximate surface area is 121 Å². The lowest BCUT2D eigenvalue weighted by Gasteiger charge is -2.04. The molecule has 2 nitrogen and oxygen atoms in total. The average Bonchev–Trinajstić information content (AvgIpc) is 2.91. The van der Waals surface area contributed by atoms with Crippen LogP contribution in [0.25, 0.3) is 10.1 Å². The van der Waals surface area contributed by atoms with Crippen LogP contribution in [-0.2, 0) is 6.42 Å². The third kappa shape index (κ3) is 2.21. The summed E-state index contributed by atoms with van der Waals surface area (Å²) in [6.45, 7) is 2.03. The summed E-state index contributed by atoms with van der Waals surface area (Å²) in [6, 6.07) is 15.0. The number of thiophene rings is 1. The van der Waals surface area contributed by atoms with Gasteiger partial charge in [0.25, 0.3) is 0 Å². The van der Waals surface area contributed by atoms with Crippen LogP contribution >= 0.6 is 11.3 Å². The summed E-state index contributed by atoms with van der Waals surface area (Å²) in [4.78, 5) is 13.2. The van der Waals surface area contributed by atoms with E-state index in [4.69, 9.17) is 0 Å². The van der Waals surface area contributed by atoms with E-state index in [0.29, 0.717) is 10.4 Å². The van der Waals surface area contributed by atoms with E-state index >= 15 is 0 Å². The fourth-order valence-electron chi connectivity index (χ4n) is 2.21. The van der Waals surface area contributed by atoms with Gasteiger partial charge in [-0.1, -0.05) is 31.2 Å². The fraction of sp³-hybridized carbons (Fsp3) is 0.118. The summed E-state index contributed by atoms with van der Waals surface area (Å²) in [6.07, 6.45) is 0.840. The lowest BCUT2D eigenvalue weighted by atomic mass is 10.0. The summed E-state index contributed by atoms with van der Waals surface area (Å²) in [5.41, 5.74) is 1.43. The average molecular weight is 282 g/mol. The van der Waals surface area contributed by atoms with Crippen molar-refractivity contribution in [3.8, 4) is 5.75 Å². The second kappa shape index (κ2) is 5.10. The quantitative estimate of drug-likeness (QED) is 0.723. The molecule has 3 rings (SSSR count). The van der Waals surface area contributed by atoms with Gasteiger partial charge in [0, 0.05) is 4.70 Å². The lowest BCUT2D eigenvalue weighted by Crippen LogP contribution is -2.00. The largest absolute Gasteiger partial charge is 0.507 e. The molecular weight excluding hydrogens is 268 g/mol. The van der Waals surface area contributed by atoms with Crippen LogP contribution in [0, 0.1) is 0 Å². The Kier molecular flexibility index (Phi) is 3.28. The van der Waals surface area contributed by atoms with Gasteiger partial charge in [-0.15, -0.1) is 11.3 Å². The highest BCUT2D eigenvalue weighted by Gasteiger charge is 2.16. The maximum Gasteiger partial charge on any atom is 0.206 e. The summed E-state index contributed by atoms with van der Waals surface area (Å²) < 4.78 is 1.09. The molecule has 2 aromatic carbocycles. The standard InChI is InChI=1S/C17H14O2S/c1-2-11-7-8-14(18)13(9-11)17(19)16-10-12-5-3-4-6-15(12)20-16/h3-10,18H,2H2,1H3. The molecule has 100 valence electrons. The van der Waals surface area contributed by atoms with Crippen LogP contribution in [0.5, 0.6) is 5.75 Å². The molecule has 3 aromatic rings. The van der Waals surface area contributed by atoms with E-state index in [1.807, 2.05) is 43.3 Å². The van der Waals surface area contributed by atoms with Crippen LogP contribution in [0.1, 0.15) is 27.7 Å². The Morgan fingerprint density at radius 3 is 2.70 bits per heavy atom. The third-order valence-corrected chi connectivity index (χ3v) is 4.48. The molecule has 0 fully saturated rings. The minimum absolute atomic E-state index is 0.0460. The van der Waals surface area contributed by atoms with Gasteiger partial charge < -0.3 is 5.11 Å². The summed E-state index contributed by atoms with van der Waals surface area (Å²) in [5, 5.41) is 11.0. The van der Waals surface area contributed by atoms with E-state index < -0.39 is 0 Å². The van der Waals surface area contributed by atoms with E-state index in [1.165, 1.54) is 11.3 Å². The highest BCUT2D eigenvalue weighted by atomic mass is 32.1. The van der Waals surface area contributed by atoms with Crippen LogP contribution in [0.15, 0.2) is 48.5 Å². The van der Waals surface area contributed by atoms with Gasteiger partial charge in [-0.3, -0.25) is 4.79 Å². The number of phenols is 1. The normalized spacial score (nSPS) is 10.8. The molecule has 1 heterocycles. The van der Waals surface area contributed by atoms with Crippen molar-refractivity contribution in [2.75, 3.05) is 0 Å². The van der Waals surface area contributed by atoms with E-state index in [0.717, 1.165) is 22.1 Å². The number of fused-ring (bicyclic) bond motifs is 1. The van der Waals surface area contributed by atoms with Crippen LogP contribution in [0.4, 0.5) is 0 Å². The van der Waals surface area contributed by atoms with Crippen molar-refractivity contribution in [2.45, 2.75) is 13.3 Å². The molecule has 0 saturated heterocycles. The first-order valence-electron chi connectivity index (χ1n) is 6.54. The number of benzene rings is 2. The Morgan fingerprint density at radius 1 is 1.15 bits per heavy atom. The van der Waals surface area contributed by atoms with Crippen molar-refractivity contribution in [1.29, 1.82) is 0 Å². The Morgan fingerprint density at radius 2 is 1.95 bits per heavy atom. The molecule has 1 aromatic heterocycles. The molecule has 0 saturated carbocycles. The van der Waals surface area contributed by atoms with Gasteiger partial charge in [-0.2, -0.15) is 0 Å². The minimum Gasteiger partial charge on any atom is -0.507 e. The fourth-order valence-corrected chi connectivity index (χ4v) is 3.23. The molecule has 0 aliphatic rings. The molecule has 0 bridgehead atoms. The van der Waals surface area contributed by atoms with Crippen LogP contribution in [0.3, 0.4) is 0 Å². The van der Waals surface area contributed by atoms with Gasteiger partial charge in [-0.05, 0) is 41.6 Å². The Balaban J connectivity index is 2.07. The molecule has 0 aliphatic carbocycles. The van der Waals surface area contributed by atoms with Crippen molar-refractivity contribution >= 4 is 27.2 Å². The zero-order valence-corrected chi connectivity index (χ0v) is 11.9. The molecule has 0 spiro atoms. The maximum atomic E-state index is 12.6. The monoisotopic (exact) mass is 282 g/mol. The first kappa shape index (κ1) is 12.9. The number of ketones is 1. The van der Waals surface area contributed by atoms with Gasteiger partial charge >= 0.3 is 0 Å². The number of hydrogen-bond donors (Lipinski definition) is 1. The number of aryl methyl sites for hydroxylation is 1. The first-order chi connectivity index (χ1) is 9.69. The number of rotatable bonds is 3.